The van der Waals surface area contributed by atoms with E-state index in [-0.39, 0.29) is 11.1 Å². The zero-order valence-corrected chi connectivity index (χ0v) is 14.0. The summed E-state index contributed by atoms with van der Waals surface area (Å²) >= 11 is 0. The van der Waals surface area contributed by atoms with Gasteiger partial charge in [-0.2, -0.15) is 0 Å². The normalized spacial score (nSPS) is 11.0. The van der Waals surface area contributed by atoms with E-state index in [0.29, 0.717) is 12.1 Å². The van der Waals surface area contributed by atoms with Crippen molar-refractivity contribution in [2.45, 2.75) is 6.54 Å². The number of esters is 1. The van der Waals surface area contributed by atoms with Crippen LogP contribution in [0.2, 0.25) is 0 Å². The van der Waals surface area contributed by atoms with Crippen molar-refractivity contribution in [1.29, 1.82) is 0 Å². The first-order valence-corrected chi connectivity index (χ1v) is 7.88. The number of benzene rings is 2. The summed E-state index contributed by atoms with van der Waals surface area (Å²) in [7, 11) is 1.26. The Morgan fingerprint density at radius 3 is 2.73 bits per heavy atom. The number of hydrogen-bond acceptors (Lipinski definition) is 3. The van der Waals surface area contributed by atoms with Gasteiger partial charge in [-0.05, 0) is 35.4 Å². The summed E-state index contributed by atoms with van der Waals surface area (Å²) in [5.74, 6) is -2.00. The first-order chi connectivity index (χ1) is 12.6. The van der Waals surface area contributed by atoms with Gasteiger partial charge in [0.2, 0.25) is 0 Å². The minimum Gasteiger partial charge on any atom is -0.465 e. The average molecular weight is 354 g/mol. The molecule has 26 heavy (non-hydrogen) atoms. The van der Waals surface area contributed by atoms with E-state index in [1.165, 1.54) is 13.2 Å². The number of methoxy groups -OCH3 is 1. The molecule has 4 nitrogen and oxygen atoms in total. The molecule has 0 saturated carbocycles. The number of rotatable bonds is 5. The van der Waals surface area contributed by atoms with Crippen molar-refractivity contribution in [3.8, 4) is 11.1 Å². The first kappa shape index (κ1) is 17.5. The van der Waals surface area contributed by atoms with Gasteiger partial charge in [0.1, 0.15) is 11.6 Å². The highest BCUT2D eigenvalue weighted by molar-refractivity contribution is 5.97. The Morgan fingerprint density at radius 1 is 1.19 bits per heavy atom. The second-order valence-electron chi connectivity index (χ2n) is 5.58. The number of nitrogens with zero attached hydrogens (tertiary/aromatic N) is 2. The second-order valence-corrected chi connectivity index (χ2v) is 5.58. The Hall–Kier alpha value is -3.28. The molecule has 0 aliphatic heterocycles. The number of hydrogen-bond donors (Lipinski definition) is 0. The van der Waals surface area contributed by atoms with Crippen molar-refractivity contribution in [3.05, 3.63) is 84.0 Å². The van der Waals surface area contributed by atoms with E-state index in [9.17, 15) is 13.6 Å². The number of halogens is 2. The van der Waals surface area contributed by atoms with Gasteiger partial charge >= 0.3 is 5.97 Å². The van der Waals surface area contributed by atoms with Gasteiger partial charge in [-0.25, -0.2) is 18.6 Å². The predicted octanol–water partition coefficient (Wildman–Crippen LogP) is 4.33. The molecule has 1 aromatic heterocycles. The molecule has 0 aliphatic rings. The van der Waals surface area contributed by atoms with Crippen molar-refractivity contribution in [2.24, 2.45) is 0 Å². The molecular weight excluding hydrogens is 338 g/mol. The molecule has 3 rings (SSSR count). The summed E-state index contributed by atoms with van der Waals surface area (Å²) in [4.78, 5) is 16.0. The van der Waals surface area contributed by atoms with E-state index in [2.05, 4.69) is 4.98 Å². The maximum atomic E-state index is 14.2. The van der Waals surface area contributed by atoms with Crippen LogP contribution in [0.3, 0.4) is 0 Å². The Labute approximate surface area is 149 Å². The molecule has 0 amide bonds. The van der Waals surface area contributed by atoms with Gasteiger partial charge in [0.05, 0.1) is 19.0 Å². The van der Waals surface area contributed by atoms with Gasteiger partial charge in [-0.1, -0.05) is 18.2 Å². The second kappa shape index (κ2) is 7.74. The van der Waals surface area contributed by atoms with E-state index in [1.807, 2.05) is 22.9 Å². The quantitative estimate of drug-likeness (QED) is 0.641. The minimum absolute atomic E-state index is 0.136. The van der Waals surface area contributed by atoms with Crippen LogP contribution in [-0.4, -0.2) is 22.6 Å². The van der Waals surface area contributed by atoms with E-state index < -0.39 is 17.6 Å². The molecule has 0 aliphatic carbocycles. The molecule has 132 valence electrons. The Kier molecular flexibility index (Phi) is 5.22. The molecule has 1 heterocycles. The molecule has 6 heteroatoms. The highest BCUT2D eigenvalue weighted by Crippen LogP contribution is 2.29. The predicted molar refractivity (Wildman–Crippen MR) is 94.4 cm³/mol. The zero-order chi connectivity index (χ0) is 18.5. The Morgan fingerprint density at radius 2 is 2.04 bits per heavy atom. The van der Waals surface area contributed by atoms with E-state index in [1.54, 1.807) is 30.7 Å². The van der Waals surface area contributed by atoms with E-state index in [4.69, 9.17) is 4.74 Å². The molecule has 0 saturated heterocycles. The molecule has 2 aromatic carbocycles. The van der Waals surface area contributed by atoms with Gasteiger partial charge in [0.25, 0.3) is 0 Å². The van der Waals surface area contributed by atoms with Crippen LogP contribution in [0.25, 0.3) is 17.2 Å². The summed E-state index contributed by atoms with van der Waals surface area (Å²) < 4.78 is 34.1. The molecule has 0 bridgehead atoms. The topological polar surface area (TPSA) is 44.1 Å². The summed E-state index contributed by atoms with van der Waals surface area (Å²) in [6.45, 7) is 0.624. The molecule has 3 aromatic rings. The van der Waals surface area contributed by atoms with Crippen LogP contribution in [0.1, 0.15) is 15.9 Å². The van der Waals surface area contributed by atoms with Crippen LogP contribution < -0.4 is 0 Å². The molecular formula is C20H16F2N2O2. The molecule has 0 spiro atoms. The third kappa shape index (κ3) is 3.85. The summed E-state index contributed by atoms with van der Waals surface area (Å²) in [5, 5.41) is 0. The smallest absolute Gasteiger partial charge is 0.338 e. The fourth-order valence-corrected chi connectivity index (χ4v) is 2.59. The summed E-state index contributed by atoms with van der Waals surface area (Å²) in [5.41, 5.74) is 1.47. The third-order valence-corrected chi connectivity index (χ3v) is 3.86. The number of imidazole rings is 1. The van der Waals surface area contributed by atoms with E-state index >= 15 is 0 Å². The average Bonchev–Trinajstić information content (AvgIpc) is 3.14. The molecule has 0 unspecified atom stereocenters. The molecule has 0 fully saturated rings. The number of allylic oxidation sites excluding steroid dienone is 1. The van der Waals surface area contributed by atoms with Crippen LogP contribution in [0.4, 0.5) is 8.78 Å². The van der Waals surface area contributed by atoms with E-state index in [0.717, 1.165) is 17.7 Å². The summed E-state index contributed by atoms with van der Waals surface area (Å²) in [6.07, 6.45) is 8.99. The Balaban J connectivity index is 1.98. The standard InChI is InChI=1S/C20H16F2N2O2/c1-26-20(25)17-6-4-14(3-2-9-24-10-8-23-13-24)11-18(17)16-7-5-15(21)12-19(16)22/h2-8,10-13H,9H2,1H3/b3-2+. The lowest BCUT2D eigenvalue weighted by Crippen LogP contribution is -2.04. The van der Waals surface area contributed by atoms with Crippen molar-refractivity contribution >= 4 is 12.0 Å². The van der Waals surface area contributed by atoms with Crippen molar-refractivity contribution < 1.29 is 18.3 Å². The van der Waals surface area contributed by atoms with Gasteiger partial charge in [-0.15, -0.1) is 0 Å². The van der Waals surface area contributed by atoms with Gasteiger partial charge < -0.3 is 9.30 Å². The van der Waals surface area contributed by atoms with Crippen molar-refractivity contribution in [2.75, 3.05) is 7.11 Å². The first-order valence-electron chi connectivity index (χ1n) is 7.88. The van der Waals surface area contributed by atoms with Crippen LogP contribution in [0.15, 0.2) is 61.2 Å². The monoisotopic (exact) mass is 354 g/mol. The van der Waals surface area contributed by atoms with Crippen LogP contribution in [0.5, 0.6) is 0 Å². The SMILES string of the molecule is COC(=O)c1ccc(/C=C/Cn2ccnc2)cc1-c1ccc(F)cc1F. The highest BCUT2D eigenvalue weighted by Gasteiger charge is 2.16. The van der Waals surface area contributed by atoms with Crippen LogP contribution >= 0.6 is 0 Å². The number of carbonyl (C=O) groups excluding carboxylic acids is 1. The Bertz CT molecular complexity index is 950. The zero-order valence-electron chi connectivity index (χ0n) is 14.0. The molecule has 0 N–H and O–H groups in total. The number of ether oxygens (including phenoxy) is 1. The van der Waals surface area contributed by atoms with Crippen LogP contribution in [-0.2, 0) is 11.3 Å². The minimum atomic E-state index is -0.741. The largest absolute Gasteiger partial charge is 0.465 e. The molecule has 0 atom stereocenters. The lowest BCUT2D eigenvalue weighted by molar-refractivity contribution is 0.0601. The lowest BCUT2D eigenvalue weighted by atomic mass is 9.96. The number of carbonyl (C=O) groups is 1. The maximum Gasteiger partial charge on any atom is 0.338 e. The van der Waals surface area contributed by atoms with Crippen molar-refractivity contribution in [1.82, 2.24) is 9.55 Å². The lowest BCUT2D eigenvalue weighted by Gasteiger charge is -2.10. The fourth-order valence-electron chi connectivity index (χ4n) is 2.59. The van der Waals surface area contributed by atoms with Crippen molar-refractivity contribution in [3.63, 3.8) is 0 Å². The number of aromatic nitrogens is 2. The summed E-state index contributed by atoms with van der Waals surface area (Å²) in [6, 6.07) is 8.24. The van der Waals surface area contributed by atoms with Crippen LogP contribution in [0, 0.1) is 11.6 Å². The molecule has 0 radical (unpaired) electrons. The van der Waals surface area contributed by atoms with Gasteiger partial charge in [0.15, 0.2) is 0 Å². The third-order valence-electron chi connectivity index (χ3n) is 3.86. The maximum absolute atomic E-state index is 14.2. The van der Waals surface area contributed by atoms with Gasteiger partial charge in [0, 0.05) is 30.6 Å². The highest BCUT2D eigenvalue weighted by atomic mass is 19.1. The fraction of sp³-hybridized carbons (Fsp3) is 0.100. The van der Waals surface area contributed by atoms with Gasteiger partial charge in [-0.3, -0.25) is 0 Å².